The predicted molar refractivity (Wildman–Crippen MR) is 126 cm³/mol. The van der Waals surface area contributed by atoms with Gasteiger partial charge in [0.1, 0.15) is 10.8 Å². The van der Waals surface area contributed by atoms with E-state index in [0.717, 1.165) is 29.7 Å². The summed E-state index contributed by atoms with van der Waals surface area (Å²) in [4.78, 5) is 26.8. The molecule has 1 saturated heterocycles. The van der Waals surface area contributed by atoms with Gasteiger partial charge in [0.25, 0.3) is 11.8 Å². The Hall–Kier alpha value is -2.10. The summed E-state index contributed by atoms with van der Waals surface area (Å²) in [5.41, 5.74) is 1.42. The fourth-order valence-electron chi connectivity index (χ4n) is 4.09. The van der Waals surface area contributed by atoms with Crippen LogP contribution in [0.15, 0.2) is 24.3 Å². The SMILES string of the molecule is CC1CCc2c(sc(NC(=O)COc3ccc(Cl)cc3)c2C(=O)NC2CCS(=O)(=O)C2)C1. The minimum atomic E-state index is -3.11. The van der Waals surface area contributed by atoms with Crippen molar-refractivity contribution in [1.29, 1.82) is 0 Å². The van der Waals surface area contributed by atoms with Gasteiger partial charge in [0.05, 0.1) is 17.1 Å². The third-order valence-corrected chi connectivity index (χ3v) is 8.93. The van der Waals surface area contributed by atoms with Crippen LogP contribution in [0.2, 0.25) is 5.02 Å². The van der Waals surface area contributed by atoms with Gasteiger partial charge in [-0.05, 0) is 61.4 Å². The molecule has 4 rings (SSSR count). The number of halogens is 1. The number of rotatable bonds is 6. The van der Waals surface area contributed by atoms with Gasteiger partial charge in [0, 0.05) is 15.9 Å². The van der Waals surface area contributed by atoms with Crippen molar-refractivity contribution in [3.8, 4) is 5.75 Å². The topological polar surface area (TPSA) is 102 Å². The molecular formula is C22H25ClN2O5S2. The lowest BCUT2D eigenvalue weighted by molar-refractivity contribution is -0.118. The second-order valence-corrected chi connectivity index (χ2v) is 12.2. The van der Waals surface area contributed by atoms with Crippen molar-refractivity contribution in [2.45, 2.75) is 38.6 Å². The summed E-state index contributed by atoms with van der Waals surface area (Å²) < 4.78 is 29.1. The lowest BCUT2D eigenvalue weighted by Crippen LogP contribution is -2.36. The van der Waals surface area contributed by atoms with Gasteiger partial charge in [-0.1, -0.05) is 18.5 Å². The maximum Gasteiger partial charge on any atom is 0.262 e. The molecule has 10 heteroatoms. The number of hydrogen-bond donors (Lipinski definition) is 2. The maximum atomic E-state index is 13.1. The molecule has 1 aromatic heterocycles. The fourth-order valence-corrected chi connectivity index (χ4v) is 7.31. The predicted octanol–water partition coefficient (Wildman–Crippen LogP) is 3.46. The van der Waals surface area contributed by atoms with Crippen molar-refractivity contribution in [1.82, 2.24) is 5.32 Å². The number of ether oxygens (including phenoxy) is 1. The first-order valence-electron chi connectivity index (χ1n) is 10.5. The molecule has 1 aromatic carbocycles. The summed E-state index contributed by atoms with van der Waals surface area (Å²) in [7, 11) is -3.11. The number of hydrogen-bond acceptors (Lipinski definition) is 6. The molecule has 2 aliphatic rings. The molecule has 32 heavy (non-hydrogen) atoms. The Morgan fingerprint density at radius 1 is 1.22 bits per heavy atom. The highest BCUT2D eigenvalue weighted by atomic mass is 35.5. The van der Waals surface area contributed by atoms with Crippen molar-refractivity contribution in [3.05, 3.63) is 45.3 Å². The smallest absolute Gasteiger partial charge is 0.262 e. The molecule has 2 aromatic rings. The van der Waals surface area contributed by atoms with E-state index in [1.165, 1.54) is 11.3 Å². The highest BCUT2D eigenvalue weighted by molar-refractivity contribution is 7.91. The highest BCUT2D eigenvalue weighted by Gasteiger charge is 2.33. The maximum absolute atomic E-state index is 13.1. The number of anilines is 1. The number of carbonyl (C=O) groups is 2. The molecule has 1 fully saturated rings. The van der Waals surface area contributed by atoms with E-state index >= 15 is 0 Å². The first-order valence-corrected chi connectivity index (χ1v) is 13.6. The van der Waals surface area contributed by atoms with E-state index in [0.29, 0.717) is 33.7 Å². The number of carbonyl (C=O) groups excluding carboxylic acids is 2. The second-order valence-electron chi connectivity index (χ2n) is 8.42. The number of sulfone groups is 1. The van der Waals surface area contributed by atoms with Crippen molar-refractivity contribution >= 4 is 49.6 Å². The number of thiophene rings is 1. The zero-order valence-electron chi connectivity index (χ0n) is 17.6. The molecule has 1 aliphatic heterocycles. The Kier molecular flexibility index (Phi) is 6.78. The van der Waals surface area contributed by atoms with Crippen LogP contribution in [0.5, 0.6) is 5.75 Å². The minimum absolute atomic E-state index is 0.0429. The molecule has 0 saturated carbocycles. The summed E-state index contributed by atoms with van der Waals surface area (Å²) >= 11 is 7.28. The van der Waals surface area contributed by atoms with Gasteiger partial charge < -0.3 is 15.4 Å². The number of fused-ring (bicyclic) bond motifs is 1. The van der Waals surface area contributed by atoms with E-state index in [4.69, 9.17) is 16.3 Å². The van der Waals surface area contributed by atoms with E-state index in [1.807, 2.05) is 0 Å². The molecule has 0 spiro atoms. The first kappa shape index (κ1) is 23.1. The monoisotopic (exact) mass is 496 g/mol. The molecule has 0 radical (unpaired) electrons. The molecule has 0 bridgehead atoms. The summed E-state index contributed by atoms with van der Waals surface area (Å²) in [6.07, 6.45) is 2.99. The quantitative estimate of drug-likeness (QED) is 0.637. The normalized spacial score (nSPS) is 21.6. The van der Waals surface area contributed by atoms with Crippen LogP contribution < -0.4 is 15.4 Å². The van der Waals surface area contributed by atoms with Gasteiger partial charge in [0.2, 0.25) is 0 Å². The molecule has 2 heterocycles. The highest BCUT2D eigenvalue weighted by Crippen LogP contribution is 2.39. The van der Waals surface area contributed by atoms with Crippen LogP contribution >= 0.6 is 22.9 Å². The zero-order valence-corrected chi connectivity index (χ0v) is 20.0. The molecule has 2 atom stereocenters. The average Bonchev–Trinajstić information content (AvgIpc) is 3.25. The third-order valence-electron chi connectivity index (χ3n) is 5.74. The van der Waals surface area contributed by atoms with Crippen molar-refractivity contribution in [3.63, 3.8) is 0 Å². The molecule has 2 N–H and O–H groups in total. The lowest BCUT2D eigenvalue weighted by Gasteiger charge is -2.19. The number of amides is 2. The lowest BCUT2D eigenvalue weighted by atomic mass is 9.88. The van der Waals surface area contributed by atoms with Gasteiger partial charge in [-0.3, -0.25) is 9.59 Å². The second kappa shape index (κ2) is 9.41. The number of benzene rings is 1. The van der Waals surface area contributed by atoms with E-state index in [1.54, 1.807) is 24.3 Å². The van der Waals surface area contributed by atoms with Crippen LogP contribution in [-0.2, 0) is 27.5 Å². The molecular weight excluding hydrogens is 472 g/mol. The van der Waals surface area contributed by atoms with Gasteiger partial charge in [-0.2, -0.15) is 0 Å². The Balaban J connectivity index is 1.49. The average molecular weight is 497 g/mol. The van der Waals surface area contributed by atoms with E-state index in [-0.39, 0.29) is 29.9 Å². The summed E-state index contributed by atoms with van der Waals surface area (Å²) in [6, 6.07) is 6.30. The van der Waals surface area contributed by atoms with Crippen LogP contribution in [0.25, 0.3) is 0 Å². The largest absolute Gasteiger partial charge is 0.484 e. The van der Waals surface area contributed by atoms with Gasteiger partial charge in [-0.15, -0.1) is 11.3 Å². The van der Waals surface area contributed by atoms with Crippen LogP contribution in [0, 0.1) is 5.92 Å². The van der Waals surface area contributed by atoms with E-state index < -0.39 is 15.9 Å². The summed E-state index contributed by atoms with van der Waals surface area (Å²) in [5, 5.41) is 6.77. The Morgan fingerprint density at radius 2 is 1.97 bits per heavy atom. The van der Waals surface area contributed by atoms with Gasteiger partial charge in [-0.25, -0.2) is 8.42 Å². The zero-order chi connectivity index (χ0) is 22.9. The Labute approximate surface area is 196 Å². The standard InChI is InChI=1S/C22H25ClN2O5S2/c1-13-2-7-17-18(10-13)31-22(20(17)21(27)24-15-8-9-32(28,29)12-15)25-19(26)11-30-16-5-3-14(23)4-6-16/h3-6,13,15H,2,7-12H2,1H3,(H,24,27)(H,25,26). The molecule has 1 aliphatic carbocycles. The van der Waals surface area contributed by atoms with E-state index in [9.17, 15) is 18.0 Å². The first-order chi connectivity index (χ1) is 15.2. The fraction of sp³-hybridized carbons (Fsp3) is 0.455. The Morgan fingerprint density at radius 3 is 2.66 bits per heavy atom. The molecule has 2 amide bonds. The van der Waals surface area contributed by atoms with Crippen LogP contribution in [0.1, 0.15) is 40.6 Å². The summed E-state index contributed by atoms with van der Waals surface area (Å²) in [6.45, 7) is 1.96. The van der Waals surface area contributed by atoms with Gasteiger partial charge in [0.15, 0.2) is 16.4 Å². The van der Waals surface area contributed by atoms with Gasteiger partial charge >= 0.3 is 0 Å². The van der Waals surface area contributed by atoms with Crippen molar-refractivity contribution in [2.75, 3.05) is 23.4 Å². The Bertz CT molecular complexity index is 1130. The summed E-state index contributed by atoms with van der Waals surface area (Å²) in [5.74, 6) is 0.372. The van der Waals surface area contributed by atoms with Crippen LogP contribution in [0.3, 0.4) is 0 Å². The molecule has 7 nitrogen and oxygen atoms in total. The van der Waals surface area contributed by atoms with Crippen LogP contribution in [0.4, 0.5) is 5.00 Å². The third kappa shape index (κ3) is 5.44. The minimum Gasteiger partial charge on any atom is -0.484 e. The van der Waals surface area contributed by atoms with Crippen LogP contribution in [-0.4, -0.2) is 44.4 Å². The van der Waals surface area contributed by atoms with E-state index in [2.05, 4.69) is 17.6 Å². The molecule has 172 valence electrons. The van der Waals surface area contributed by atoms with Crippen molar-refractivity contribution in [2.24, 2.45) is 5.92 Å². The number of nitrogens with one attached hydrogen (secondary N) is 2. The van der Waals surface area contributed by atoms with Crippen molar-refractivity contribution < 1.29 is 22.7 Å². The molecule has 2 unspecified atom stereocenters.